The Hall–Kier alpha value is -1.75. The maximum absolute atomic E-state index is 12.1. The molecule has 5 heteroatoms. The highest BCUT2D eigenvalue weighted by Gasteiger charge is 2.36. The van der Waals surface area contributed by atoms with Crippen LogP contribution < -0.4 is 0 Å². The number of likely N-dealkylation sites (N-methyl/N-ethyl adjacent to an activating group) is 1. The van der Waals surface area contributed by atoms with E-state index in [0.29, 0.717) is 0 Å². The largest absolute Gasteiger partial charge is 0.298 e. The molecule has 1 saturated heterocycles. The maximum atomic E-state index is 12.1. The number of hydrogen-bond donors (Lipinski definition) is 0. The Morgan fingerprint density at radius 1 is 1.19 bits per heavy atom. The molecule has 0 radical (unpaired) electrons. The summed E-state index contributed by atoms with van der Waals surface area (Å²) in [6.07, 6.45) is 3.82. The molecule has 1 aromatic carbocycles. The summed E-state index contributed by atoms with van der Waals surface area (Å²) in [5, 5.41) is 0.779. The molecule has 1 unspecified atom stereocenters. The zero-order valence-electron chi connectivity index (χ0n) is 15.3. The summed E-state index contributed by atoms with van der Waals surface area (Å²) in [4.78, 5) is 21.5. The molecular formula is C21H24ClN3O. The third-order valence-corrected chi connectivity index (χ3v) is 6.00. The minimum Gasteiger partial charge on any atom is -0.298 e. The van der Waals surface area contributed by atoms with Crippen molar-refractivity contribution in [3.8, 4) is 0 Å². The van der Waals surface area contributed by atoms with Crippen LogP contribution in [0, 0.1) is 0 Å². The molecule has 1 aliphatic heterocycles. The Bertz CT molecular complexity index is 838. The van der Waals surface area contributed by atoms with Crippen LogP contribution in [0.3, 0.4) is 0 Å². The maximum Gasteiger partial charge on any atom is 0.148 e. The molecule has 136 valence electrons. The SMILES string of the molecule is CC(=O)C1CN([C@@H]2c3ccc(Cl)cc3CCc3cccnc32)CCN1C. The van der Waals surface area contributed by atoms with Gasteiger partial charge in [0.1, 0.15) is 5.78 Å². The number of Topliss-reactive ketones (excluding diaryl/α,β-unsaturated/α-hetero) is 1. The predicted octanol–water partition coefficient (Wildman–Crippen LogP) is 3.13. The molecule has 2 heterocycles. The summed E-state index contributed by atoms with van der Waals surface area (Å²) < 4.78 is 0. The third-order valence-electron chi connectivity index (χ3n) is 5.76. The number of carbonyl (C=O) groups excluding carboxylic acids is 1. The molecule has 0 amide bonds. The summed E-state index contributed by atoms with van der Waals surface area (Å²) in [5.74, 6) is 0.225. The first-order valence-electron chi connectivity index (χ1n) is 9.21. The van der Waals surface area contributed by atoms with E-state index in [4.69, 9.17) is 16.6 Å². The van der Waals surface area contributed by atoms with Gasteiger partial charge in [-0.3, -0.25) is 19.6 Å². The van der Waals surface area contributed by atoms with Gasteiger partial charge in [-0.1, -0.05) is 23.7 Å². The van der Waals surface area contributed by atoms with Crippen LogP contribution in [0.15, 0.2) is 36.5 Å². The van der Waals surface area contributed by atoms with Gasteiger partial charge in [-0.15, -0.1) is 0 Å². The number of piperazine rings is 1. The number of ketones is 1. The fraction of sp³-hybridized carbons (Fsp3) is 0.429. The van der Waals surface area contributed by atoms with E-state index in [1.54, 1.807) is 6.92 Å². The number of halogens is 1. The van der Waals surface area contributed by atoms with Crippen LogP contribution in [0.5, 0.6) is 0 Å². The second-order valence-corrected chi connectivity index (χ2v) is 7.83. The van der Waals surface area contributed by atoms with Gasteiger partial charge in [0.25, 0.3) is 0 Å². The van der Waals surface area contributed by atoms with Crippen molar-refractivity contribution in [3.63, 3.8) is 0 Å². The van der Waals surface area contributed by atoms with Crippen LogP contribution in [-0.2, 0) is 17.6 Å². The molecule has 4 nitrogen and oxygen atoms in total. The molecule has 2 atom stereocenters. The van der Waals surface area contributed by atoms with E-state index in [2.05, 4.69) is 28.0 Å². The highest BCUT2D eigenvalue weighted by atomic mass is 35.5. The monoisotopic (exact) mass is 369 g/mol. The van der Waals surface area contributed by atoms with Crippen LogP contribution in [0.25, 0.3) is 0 Å². The number of pyridine rings is 1. The van der Waals surface area contributed by atoms with Crippen molar-refractivity contribution in [3.05, 3.63) is 63.9 Å². The summed E-state index contributed by atoms with van der Waals surface area (Å²) >= 11 is 6.28. The Morgan fingerprint density at radius 2 is 2.00 bits per heavy atom. The number of carbonyl (C=O) groups is 1. The number of fused-ring (bicyclic) bond motifs is 2. The number of hydrogen-bond acceptors (Lipinski definition) is 4. The predicted molar refractivity (Wildman–Crippen MR) is 104 cm³/mol. The van der Waals surface area contributed by atoms with Crippen molar-refractivity contribution in [2.24, 2.45) is 0 Å². The molecule has 0 saturated carbocycles. The van der Waals surface area contributed by atoms with E-state index < -0.39 is 0 Å². The van der Waals surface area contributed by atoms with Gasteiger partial charge in [0.15, 0.2) is 0 Å². The lowest BCUT2D eigenvalue weighted by molar-refractivity contribution is -0.124. The molecule has 2 aliphatic rings. The number of aryl methyl sites for hydroxylation is 2. The lowest BCUT2D eigenvalue weighted by Crippen LogP contribution is -2.55. The fourth-order valence-corrected chi connectivity index (χ4v) is 4.52. The van der Waals surface area contributed by atoms with E-state index in [1.807, 2.05) is 25.4 Å². The van der Waals surface area contributed by atoms with E-state index in [1.165, 1.54) is 16.7 Å². The second-order valence-electron chi connectivity index (χ2n) is 7.40. The molecule has 2 aromatic rings. The minimum atomic E-state index is -0.0603. The first-order valence-corrected chi connectivity index (χ1v) is 9.59. The van der Waals surface area contributed by atoms with Crippen LogP contribution in [-0.4, -0.2) is 53.3 Å². The molecule has 1 aromatic heterocycles. The van der Waals surface area contributed by atoms with Gasteiger partial charge in [-0.05, 0) is 61.7 Å². The third kappa shape index (κ3) is 3.18. The zero-order chi connectivity index (χ0) is 18.3. The van der Waals surface area contributed by atoms with Crippen molar-refractivity contribution >= 4 is 17.4 Å². The van der Waals surface area contributed by atoms with Crippen molar-refractivity contribution in [2.75, 3.05) is 26.7 Å². The van der Waals surface area contributed by atoms with Crippen molar-refractivity contribution in [1.29, 1.82) is 0 Å². The molecule has 0 bridgehead atoms. The number of benzene rings is 1. The van der Waals surface area contributed by atoms with Crippen LogP contribution in [0.1, 0.15) is 35.3 Å². The van der Waals surface area contributed by atoms with Crippen LogP contribution in [0.2, 0.25) is 5.02 Å². The summed E-state index contributed by atoms with van der Waals surface area (Å²) in [6.45, 7) is 4.22. The molecule has 26 heavy (non-hydrogen) atoms. The Labute approximate surface area is 159 Å². The van der Waals surface area contributed by atoms with Gasteiger partial charge in [0.2, 0.25) is 0 Å². The van der Waals surface area contributed by atoms with Crippen molar-refractivity contribution < 1.29 is 4.79 Å². The number of aromatic nitrogens is 1. The fourth-order valence-electron chi connectivity index (χ4n) is 4.32. The van der Waals surface area contributed by atoms with Gasteiger partial charge in [-0.2, -0.15) is 0 Å². The molecule has 1 fully saturated rings. The van der Waals surface area contributed by atoms with Crippen molar-refractivity contribution in [2.45, 2.75) is 31.8 Å². The van der Waals surface area contributed by atoms with Gasteiger partial charge < -0.3 is 0 Å². The Morgan fingerprint density at radius 3 is 2.81 bits per heavy atom. The van der Waals surface area contributed by atoms with Crippen LogP contribution >= 0.6 is 11.6 Å². The van der Waals surface area contributed by atoms with E-state index in [-0.39, 0.29) is 17.9 Å². The van der Waals surface area contributed by atoms with E-state index >= 15 is 0 Å². The quantitative estimate of drug-likeness (QED) is 0.815. The summed E-state index contributed by atoms with van der Waals surface area (Å²) in [6, 6.07) is 10.4. The average Bonchev–Trinajstić information content (AvgIpc) is 2.79. The standard InChI is InChI=1S/C21H24ClN3O/c1-14(26)19-13-25(11-10-24(19)2)21-18-8-7-17(22)12-16(18)6-5-15-4-3-9-23-20(15)21/h3-4,7-9,12,19,21H,5-6,10-11,13H2,1-2H3/t19?,21-/m1/s1. The minimum absolute atomic E-state index is 0.0603. The Balaban J connectivity index is 1.80. The lowest BCUT2D eigenvalue weighted by Gasteiger charge is -2.42. The van der Waals surface area contributed by atoms with Gasteiger partial charge in [-0.25, -0.2) is 0 Å². The average molecular weight is 370 g/mol. The zero-order valence-corrected chi connectivity index (χ0v) is 16.0. The van der Waals surface area contributed by atoms with Crippen molar-refractivity contribution in [1.82, 2.24) is 14.8 Å². The first kappa shape index (κ1) is 17.7. The molecule has 1 aliphatic carbocycles. The number of nitrogens with zero attached hydrogens (tertiary/aromatic N) is 3. The molecular weight excluding hydrogens is 346 g/mol. The van der Waals surface area contributed by atoms with Gasteiger partial charge in [0, 0.05) is 30.9 Å². The number of rotatable bonds is 2. The van der Waals surface area contributed by atoms with Gasteiger partial charge >= 0.3 is 0 Å². The molecule has 0 N–H and O–H groups in total. The molecule has 0 spiro atoms. The summed E-state index contributed by atoms with van der Waals surface area (Å²) in [5.41, 5.74) is 4.99. The van der Waals surface area contributed by atoms with E-state index in [0.717, 1.165) is 43.2 Å². The molecule has 4 rings (SSSR count). The normalized spacial score (nSPS) is 23.8. The van der Waals surface area contributed by atoms with E-state index in [9.17, 15) is 4.79 Å². The highest BCUT2D eigenvalue weighted by molar-refractivity contribution is 6.30. The lowest BCUT2D eigenvalue weighted by atomic mass is 9.95. The van der Waals surface area contributed by atoms with Gasteiger partial charge in [0.05, 0.1) is 17.8 Å². The highest BCUT2D eigenvalue weighted by Crippen LogP contribution is 2.37. The first-order chi connectivity index (χ1) is 12.5. The van der Waals surface area contributed by atoms with Crippen LogP contribution in [0.4, 0.5) is 0 Å². The topological polar surface area (TPSA) is 36.4 Å². The summed E-state index contributed by atoms with van der Waals surface area (Å²) in [7, 11) is 2.04. The smallest absolute Gasteiger partial charge is 0.148 e. The second kappa shape index (κ2) is 7.10. The Kier molecular flexibility index (Phi) is 4.82.